The Bertz CT molecular complexity index is 878. The number of halogens is 3. The molecular weight excluding hydrogens is 353 g/mol. The van der Waals surface area contributed by atoms with E-state index in [-0.39, 0.29) is 36.8 Å². The highest BCUT2D eigenvalue weighted by Gasteiger charge is 2.30. The average Bonchev–Trinajstić information content (AvgIpc) is 2.60. The smallest absolute Gasteiger partial charge is 0.243 e. The van der Waals surface area contributed by atoms with E-state index in [0.717, 1.165) is 17.7 Å². The number of rotatable bonds is 3. The van der Waals surface area contributed by atoms with Crippen molar-refractivity contribution in [3.05, 3.63) is 59.4 Å². The van der Waals surface area contributed by atoms with Crippen LogP contribution in [0.4, 0.5) is 18.9 Å². The molecule has 2 aromatic rings. The summed E-state index contributed by atoms with van der Waals surface area (Å²) < 4.78 is 66.9. The fraction of sp³-hybridized carbons (Fsp3) is 0.294. The summed E-state index contributed by atoms with van der Waals surface area (Å²) in [5, 5.41) is 0. The first-order valence-corrected chi connectivity index (χ1v) is 9.20. The maximum atomic E-state index is 13.9. The molecule has 0 bridgehead atoms. The Balaban J connectivity index is 1.76. The SMILES string of the molecule is Cc1ccc(S(=O)(=O)N2CCN(c3ccc(F)c(F)c3F)CC2)cc1. The van der Waals surface area contributed by atoms with Gasteiger partial charge in [-0.15, -0.1) is 0 Å². The Morgan fingerprint density at radius 3 is 2.04 bits per heavy atom. The van der Waals surface area contributed by atoms with E-state index in [9.17, 15) is 21.6 Å². The van der Waals surface area contributed by atoms with Crippen LogP contribution in [0.3, 0.4) is 0 Å². The Labute approximate surface area is 144 Å². The normalized spacial score (nSPS) is 16.2. The van der Waals surface area contributed by atoms with Gasteiger partial charge in [-0.1, -0.05) is 17.7 Å². The Morgan fingerprint density at radius 1 is 0.840 bits per heavy atom. The van der Waals surface area contributed by atoms with Crippen LogP contribution in [0.1, 0.15) is 5.56 Å². The zero-order valence-corrected chi connectivity index (χ0v) is 14.4. The molecule has 0 atom stereocenters. The van der Waals surface area contributed by atoms with Crippen molar-refractivity contribution in [3.63, 3.8) is 0 Å². The molecule has 8 heteroatoms. The third kappa shape index (κ3) is 3.36. The van der Waals surface area contributed by atoms with Gasteiger partial charge < -0.3 is 4.90 Å². The minimum absolute atomic E-state index is 0.0636. The molecule has 0 radical (unpaired) electrons. The minimum atomic E-state index is -3.63. The third-order valence-corrected chi connectivity index (χ3v) is 6.17. The summed E-state index contributed by atoms with van der Waals surface area (Å²) in [6.07, 6.45) is 0. The summed E-state index contributed by atoms with van der Waals surface area (Å²) in [7, 11) is -3.63. The van der Waals surface area contributed by atoms with Crippen LogP contribution >= 0.6 is 0 Å². The van der Waals surface area contributed by atoms with E-state index in [1.807, 2.05) is 6.92 Å². The highest BCUT2D eigenvalue weighted by Crippen LogP contribution is 2.26. The summed E-state index contributed by atoms with van der Waals surface area (Å²) in [5.74, 6) is -4.02. The van der Waals surface area contributed by atoms with Crippen molar-refractivity contribution < 1.29 is 21.6 Å². The van der Waals surface area contributed by atoms with Crippen LogP contribution in [0.2, 0.25) is 0 Å². The zero-order chi connectivity index (χ0) is 18.2. The van der Waals surface area contributed by atoms with Crippen molar-refractivity contribution in [3.8, 4) is 0 Å². The number of hydrogen-bond acceptors (Lipinski definition) is 3. The number of hydrogen-bond donors (Lipinski definition) is 0. The van der Waals surface area contributed by atoms with E-state index in [0.29, 0.717) is 0 Å². The van der Waals surface area contributed by atoms with E-state index in [1.54, 1.807) is 24.3 Å². The second-order valence-corrected chi connectivity index (χ2v) is 7.84. The first kappa shape index (κ1) is 17.8. The molecule has 1 aliphatic heterocycles. The lowest BCUT2D eigenvalue weighted by Crippen LogP contribution is -2.49. The number of aryl methyl sites for hydroxylation is 1. The number of nitrogens with zero attached hydrogens (tertiary/aromatic N) is 2. The zero-order valence-electron chi connectivity index (χ0n) is 13.5. The van der Waals surface area contributed by atoms with Crippen molar-refractivity contribution >= 4 is 15.7 Å². The summed E-state index contributed by atoms with van der Waals surface area (Å²) in [6, 6.07) is 8.57. The van der Waals surface area contributed by atoms with Crippen LogP contribution in [0.5, 0.6) is 0 Å². The van der Waals surface area contributed by atoms with Crippen LogP contribution in [-0.2, 0) is 10.0 Å². The predicted molar refractivity (Wildman–Crippen MR) is 88.5 cm³/mol. The quantitative estimate of drug-likeness (QED) is 0.780. The number of piperazine rings is 1. The van der Waals surface area contributed by atoms with Gasteiger partial charge in [0.25, 0.3) is 0 Å². The standard InChI is InChI=1S/C17H17F3N2O2S/c1-12-2-4-13(5-3-12)25(23,24)22-10-8-21(9-11-22)15-7-6-14(18)16(19)17(15)20/h2-7H,8-11H2,1H3. The molecule has 0 saturated carbocycles. The highest BCUT2D eigenvalue weighted by molar-refractivity contribution is 7.89. The Kier molecular flexibility index (Phi) is 4.75. The Morgan fingerprint density at radius 2 is 1.44 bits per heavy atom. The molecule has 0 aromatic heterocycles. The van der Waals surface area contributed by atoms with Crippen molar-refractivity contribution in [2.45, 2.75) is 11.8 Å². The van der Waals surface area contributed by atoms with E-state index >= 15 is 0 Å². The molecular formula is C17H17F3N2O2S. The lowest BCUT2D eigenvalue weighted by Gasteiger charge is -2.35. The van der Waals surface area contributed by atoms with E-state index in [4.69, 9.17) is 0 Å². The molecule has 25 heavy (non-hydrogen) atoms. The number of benzene rings is 2. The first-order valence-electron chi connectivity index (χ1n) is 7.76. The fourth-order valence-corrected chi connectivity index (χ4v) is 4.21. The summed E-state index contributed by atoms with van der Waals surface area (Å²) >= 11 is 0. The average molecular weight is 370 g/mol. The van der Waals surface area contributed by atoms with Crippen molar-refractivity contribution in [1.29, 1.82) is 0 Å². The summed E-state index contributed by atoms with van der Waals surface area (Å²) in [4.78, 5) is 1.71. The van der Waals surface area contributed by atoms with Gasteiger partial charge in [-0.25, -0.2) is 21.6 Å². The van der Waals surface area contributed by atoms with E-state index < -0.39 is 27.5 Å². The molecule has 0 spiro atoms. The first-order chi connectivity index (χ1) is 11.8. The van der Waals surface area contributed by atoms with Crippen LogP contribution < -0.4 is 4.90 Å². The second kappa shape index (κ2) is 6.68. The van der Waals surface area contributed by atoms with Crippen molar-refractivity contribution in [1.82, 2.24) is 4.31 Å². The van der Waals surface area contributed by atoms with Crippen molar-refractivity contribution in [2.75, 3.05) is 31.1 Å². The Hall–Kier alpha value is -2.06. The van der Waals surface area contributed by atoms with Gasteiger partial charge in [-0.05, 0) is 31.2 Å². The monoisotopic (exact) mass is 370 g/mol. The molecule has 1 aliphatic rings. The summed E-state index contributed by atoms with van der Waals surface area (Å²) in [6.45, 7) is 2.51. The maximum Gasteiger partial charge on any atom is 0.243 e. The maximum absolute atomic E-state index is 13.9. The largest absolute Gasteiger partial charge is 0.366 e. The number of anilines is 1. The molecule has 0 unspecified atom stereocenters. The van der Waals surface area contributed by atoms with Gasteiger partial charge in [-0.3, -0.25) is 0 Å². The van der Waals surface area contributed by atoms with Gasteiger partial charge in [-0.2, -0.15) is 4.31 Å². The van der Waals surface area contributed by atoms with Gasteiger partial charge in [0.15, 0.2) is 17.5 Å². The lowest BCUT2D eigenvalue weighted by atomic mass is 10.2. The van der Waals surface area contributed by atoms with Crippen LogP contribution in [0, 0.1) is 24.4 Å². The van der Waals surface area contributed by atoms with Gasteiger partial charge in [0.2, 0.25) is 10.0 Å². The summed E-state index contributed by atoms with van der Waals surface area (Å²) in [5.41, 5.74) is 0.892. The number of sulfonamides is 1. The predicted octanol–water partition coefficient (Wildman–Crippen LogP) is 2.92. The molecule has 0 amide bonds. The molecule has 0 N–H and O–H groups in total. The van der Waals surface area contributed by atoms with Gasteiger partial charge >= 0.3 is 0 Å². The third-order valence-electron chi connectivity index (χ3n) is 4.25. The molecule has 1 saturated heterocycles. The molecule has 1 heterocycles. The highest BCUT2D eigenvalue weighted by atomic mass is 32.2. The van der Waals surface area contributed by atoms with E-state index in [2.05, 4.69) is 0 Å². The second-order valence-electron chi connectivity index (χ2n) is 5.90. The molecule has 2 aromatic carbocycles. The topological polar surface area (TPSA) is 40.6 Å². The molecule has 1 fully saturated rings. The van der Waals surface area contributed by atoms with E-state index in [1.165, 1.54) is 9.21 Å². The molecule has 0 aliphatic carbocycles. The van der Waals surface area contributed by atoms with Crippen molar-refractivity contribution in [2.24, 2.45) is 0 Å². The van der Waals surface area contributed by atoms with Gasteiger partial charge in [0, 0.05) is 26.2 Å². The lowest BCUT2D eigenvalue weighted by molar-refractivity contribution is 0.380. The molecule has 4 nitrogen and oxygen atoms in total. The van der Waals surface area contributed by atoms with Crippen LogP contribution in [-0.4, -0.2) is 38.9 Å². The van der Waals surface area contributed by atoms with Crippen LogP contribution in [0.25, 0.3) is 0 Å². The van der Waals surface area contributed by atoms with Crippen LogP contribution in [0.15, 0.2) is 41.3 Å². The van der Waals surface area contributed by atoms with Gasteiger partial charge in [0.05, 0.1) is 10.6 Å². The minimum Gasteiger partial charge on any atom is -0.366 e. The molecule has 3 rings (SSSR count). The molecule has 134 valence electrons. The van der Waals surface area contributed by atoms with Gasteiger partial charge in [0.1, 0.15) is 0 Å². The fourth-order valence-electron chi connectivity index (χ4n) is 2.79.